The molecule has 1 aromatic heterocycles. The van der Waals surface area contributed by atoms with Gasteiger partial charge in [0.1, 0.15) is 11.9 Å². The molecular formula is C21H30N2O3S. The van der Waals surface area contributed by atoms with Gasteiger partial charge < -0.3 is 14.5 Å². The Morgan fingerprint density at radius 1 is 1.26 bits per heavy atom. The largest absolute Gasteiger partial charge is 0.490 e. The van der Waals surface area contributed by atoms with E-state index in [1.54, 1.807) is 7.11 Å². The van der Waals surface area contributed by atoms with Crippen LogP contribution in [0.25, 0.3) is 10.9 Å². The third kappa shape index (κ3) is 4.55. The molecule has 2 aromatic rings. The van der Waals surface area contributed by atoms with Gasteiger partial charge in [0.25, 0.3) is 0 Å². The van der Waals surface area contributed by atoms with E-state index in [9.17, 15) is 4.21 Å². The minimum absolute atomic E-state index is 0.196. The lowest BCUT2D eigenvalue weighted by molar-refractivity contribution is 0.141. The SMILES string of the molecule is COCCN1CCC[C@@H]1Cc1c[nH]c2ccc(OC3CCS(=O)CC3)cc12. The maximum atomic E-state index is 11.5. The maximum Gasteiger partial charge on any atom is 0.120 e. The number of likely N-dealkylation sites (tertiary alicyclic amines) is 1. The molecule has 0 spiro atoms. The summed E-state index contributed by atoms with van der Waals surface area (Å²) in [6, 6.07) is 6.94. The third-order valence-electron chi connectivity index (χ3n) is 5.91. The summed E-state index contributed by atoms with van der Waals surface area (Å²) in [5.41, 5.74) is 2.54. The number of H-pyrrole nitrogens is 1. The van der Waals surface area contributed by atoms with Crippen molar-refractivity contribution in [2.45, 2.75) is 44.2 Å². The highest BCUT2D eigenvalue weighted by Crippen LogP contribution is 2.29. The van der Waals surface area contributed by atoms with E-state index >= 15 is 0 Å². The van der Waals surface area contributed by atoms with Crippen LogP contribution in [0.15, 0.2) is 24.4 Å². The van der Waals surface area contributed by atoms with E-state index in [-0.39, 0.29) is 6.10 Å². The molecule has 4 rings (SSSR count). The summed E-state index contributed by atoms with van der Waals surface area (Å²) in [4.78, 5) is 5.98. The zero-order valence-corrected chi connectivity index (χ0v) is 16.9. The van der Waals surface area contributed by atoms with Gasteiger partial charge in [-0.25, -0.2) is 0 Å². The standard InChI is InChI=1S/C21H30N2O3S/c1-25-10-9-23-8-2-3-17(23)13-16-15-22-21-5-4-19(14-20(16)21)26-18-6-11-27(24)12-7-18/h4-5,14-15,17-18,22H,2-3,6-13H2,1H3/t17-,18?,27?/m1/s1. The molecule has 5 nitrogen and oxygen atoms in total. The Hall–Kier alpha value is -1.37. The average molecular weight is 391 g/mol. The van der Waals surface area contributed by atoms with Crippen molar-refractivity contribution < 1.29 is 13.7 Å². The zero-order chi connectivity index (χ0) is 18.6. The van der Waals surface area contributed by atoms with Crippen LogP contribution in [0.4, 0.5) is 0 Å². The lowest BCUT2D eigenvalue weighted by Gasteiger charge is -2.24. The van der Waals surface area contributed by atoms with Gasteiger partial charge in [0.2, 0.25) is 0 Å². The number of hydrogen-bond donors (Lipinski definition) is 1. The molecule has 2 aliphatic rings. The maximum absolute atomic E-state index is 11.5. The minimum Gasteiger partial charge on any atom is -0.490 e. The van der Waals surface area contributed by atoms with E-state index in [0.29, 0.717) is 6.04 Å². The number of aromatic nitrogens is 1. The second kappa shape index (κ2) is 8.76. The van der Waals surface area contributed by atoms with Crippen molar-refractivity contribution >= 4 is 21.7 Å². The van der Waals surface area contributed by atoms with Crippen LogP contribution in [0.2, 0.25) is 0 Å². The second-order valence-electron chi connectivity index (χ2n) is 7.72. The minimum atomic E-state index is -0.646. The van der Waals surface area contributed by atoms with Crippen molar-refractivity contribution in [1.29, 1.82) is 0 Å². The number of benzene rings is 1. The molecule has 148 valence electrons. The van der Waals surface area contributed by atoms with E-state index in [4.69, 9.17) is 9.47 Å². The summed E-state index contributed by atoms with van der Waals surface area (Å²) >= 11 is 0. The second-order valence-corrected chi connectivity index (χ2v) is 9.41. The molecule has 0 aliphatic carbocycles. The molecule has 1 N–H and O–H groups in total. The first-order chi connectivity index (χ1) is 13.2. The van der Waals surface area contributed by atoms with Crippen molar-refractivity contribution in [1.82, 2.24) is 9.88 Å². The van der Waals surface area contributed by atoms with Crippen LogP contribution < -0.4 is 4.74 Å². The number of hydrogen-bond acceptors (Lipinski definition) is 4. The van der Waals surface area contributed by atoms with Crippen LogP contribution in [0, 0.1) is 0 Å². The highest BCUT2D eigenvalue weighted by atomic mass is 32.2. The smallest absolute Gasteiger partial charge is 0.120 e. The van der Waals surface area contributed by atoms with Crippen LogP contribution in [0.5, 0.6) is 5.75 Å². The molecule has 0 saturated carbocycles. The van der Waals surface area contributed by atoms with E-state index < -0.39 is 10.8 Å². The average Bonchev–Trinajstić information content (AvgIpc) is 3.29. The molecule has 1 atom stereocenters. The first kappa shape index (κ1) is 19.0. The Balaban J connectivity index is 1.46. The normalized spacial score (nSPS) is 26.6. The molecule has 1 aromatic carbocycles. The predicted octanol–water partition coefficient (Wildman–Crippen LogP) is 3.11. The molecule has 0 amide bonds. The van der Waals surface area contributed by atoms with Gasteiger partial charge in [0, 0.05) is 59.1 Å². The number of methoxy groups -OCH3 is 1. The quantitative estimate of drug-likeness (QED) is 0.789. The van der Waals surface area contributed by atoms with Gasteiger partial charge in [0.15, 0.2) is 0 Å². The number of fused-ring (bicyclic) bond motifs is 1. The lowest BCUT2D eigenvalue weighted by atomic mass is 10.0. The van der Waals surface area contributed by atoms with Gasteiger partial charge >= 0.3 is 0 Å². The van der Waals surface area contributed by atoms with Gasteiger partial charge in [-0.1, -0.05) is 0 Å². The Labute approximate surface area is 163 Å². The van der Waals surface area contributed by atoms with E-state index in [1.807, 2.05) is 0 Å². The molecule has 2 saturated heterocycles. The number of nitrogens with one attached hydrogen (secondary N) is 1. The third-order valence-corrected chi connectivity index (χ3v) is 7.30. The summed E-state index contributed by atoms with van der Waals surface area (Å²) in [5.74, 6) is 2.46. The number of aromatic amines is 1. The van der Waals surface area contributed by atoms with E-state index in [2.05, 4.69) is 34.3 Å². The predicted molar refractivity (Wildman–Crippen MR) is 110 cm³/mol. The number of ether oxygens (including phenoxy) is 2. The summed E-state index contributed by atoms with van der Waals surface area (Å²) in [7, 11) is 1.13. The number of nitrogens with zero attached hydrogens (tertiary/aromatic N) is 1. The van der Waals surface area contributed by atoms with Gasteiger partial charge in [-0.2, -0.15) is 0 Å². The Morgan fingerprint density at radius 3 is 2.93 bits per heavy atom. The zero-order valence-electron chi connectivity index (χ0n) is 16.1. The van der Waals surface area contributed by atoms with Crippen LogP contribution in [-0.4, -0.2) is 64.6 Å². The molecule has 6 heteroatoms. The van der Waals surface area contributed by atoms with Gasteiger partial charge in [-0.3, -0.25) is 9.11 Å². The molecule has 0 bridgehead atoms. The molecule has 27 heavy (non-hydrogen) atoms. The summed E-state index contributed by atoms with van der Waals surface area (Å²) < 4.78 is 23.0. The summed E-state index contributed by atoms with van der Waals surface area (Å²) in [5, 5.41) is 1.27. The van der Waals surface area contributed by atoms with Crippen molar-refractivity contribution in [2.75, 3.05) is 38.3 Å². The Kier molecular flexibility index (Phi) is 6.15. The highest BCUT2D eigenvalue weighted by Gasteiger charge is 2.25. The Morgan fingerprint density at radius 2 is 2.11 bits per heavy atom. The first-order valence-electron chi connectivity index (χ1n) is 10.1. The number of rotatable bonds is 7. The van der Waals surface area contributed by atoms with Crippen LogP contribution in [-0.2, 0) is 22.0 Å². The molecular weight excluding hydrogens is 360 g/mol. The van der Waals surface area contributed by atoms with Crippen LogP contribution in [0.3, 0.4) is 0 Å². The van der Waals surface area contributed by atoms with Gasteiger partial charge in [0.05, 0.1) is 6.61 Å². The monoisotopic (exact) mass is 390 g/mol. The van der Waals surface area contributed by atoms with Crippen molar-refractivity contribution in [2.24, 2.45) is 0 Å². The van der Waals surface area contributed by atoms with Crippen LogP contribution >= 0.6 is 0 Å². The molecule has 0 unspecified atom stereocenters. The van der Waals surface area contributed by atoms with Gasteiger partial charge in [-0.05, 0) is 62.4 Å². The highest BCUT2D eigenvalue weighted by molar-refractivity contribution is 7.85. The Bertz CT molecular complexity index is 781. The molecule has 2 aliphatic heterocycles. The summed E-state index contributed by atoms with van der Waals surface area (Å²) in [6.45, 7) is 2.99. The van der Waals surface area contributed by atoms with Crippen molar-refractivity contribution in [3.05, 3.63) is 30.0 Å². The van der Waals surface area contributed by atoms with Crippen molar-refractivity contribution in [3.8, 4) is 5.75 Å². The topological polar surface area (TPSA) is 54.6 Å². The van der Waals surface area contributed by atoms with Crippen molar-refractivity contribution in [3.63, 3.8) is 0 Å². The van der Waals surface area contributed by atoms with Gasteiger partial charge in [-0.15, -0.1) is 0 Å². The molecule has 3 heterocycles. The van der Waals surface area contributed by atoms with E-state index in [0.717, 1.165) is 49.7 Å². The fraction of sp³-hybridized carbons (Fsp3) is 0.619. The molecule has 0 radical (unpaired) electrons. The fourth-order valence-corrected chi connectivity index (χ4v) is 5.62. The first-order valence-corrected chi connectivity index (χ1v) is 11.6. The van der Waals surface area contributed by atoms with Crippen LogP contribution in [0.1, 0.15) is 31.2 Å². The van der Waals surface area contributed by atoms with E-state index in [1.165, 1.54) is 35.9 Å². The lowest BCUT2D eigenvalue weighted by Crippen LogP contribution is -2.33. The molecule has 2 fully saturated rings. The fourth-order valence-electron chi connectivity index (χ4n) is 4.37. The summed E-state index contributed by atoms with van der Waals surface area (Å²) in [6.07, 6.45) is 7.73.